The quantitative estimate of drug-likeness (QED) is 0.123. The highest BCUT2D eigenvalue weighted by Gasteiger charge is 2.49. The largest absolute Gasteiger partial charge is 0.494 e. The molecule has 2 saturated heterocycles. The lowest BCUT2D eigenvalue weighted by Gasteiger charge is -2.27. The summed E-state index contributed by atoms with van der Waals surface area (Å²) in [5.74, 6) is -2.03. The zero-order valence-electron chi connectivity index (χ0n) is 33.6. The highest BCUT2D eigenvalue weighted by Crippen LogP contribution is 2.38. The third-order valence-electron chi connectivity index (χ3n) is 10.2. The van der Waals surface area contributed by atoms with Crippen LogP contribution in [0.25, 0.3) is 0 Å². The molecule has 0 aromatic heterocycles. The molecule has 324 valence electrons. The summed E-state index contributed by atoms with van der Waals surface area (Å²) in [6, 6.07) is 15.4. The molecule has 3 aromatic rings. The molecule has 18 heteroatoms. The van der Waals surface area contributed by atoms with E-state index in [1.165, 1.54) is 18.2 Å². The predicted octanol–water partition coefficient (Wildman–Crippen LogP) is 4.69. The Labute approximate surface area is 349 Å². The van der Waals surface area contributed by atoms with E-state index in [1.807, 2.05) is 26.0 Å². The minimum absolute atomic E-state index is 0.0297. The van der Waals surface area contributed by atoms with Gasteiger partial charge >= 0.3 is 6.18 Å². The van der Waals surface area contributed by atoms with Crippen molar-refractivity contribution in [3.05, 3.63) is 88.5 Å². The standard InChI is InChI=1S/C43H45F3N4O11/c1-42(2)26-49(41(55)37(42)61-30-12-9-28(24-47)32(23-30)43(44,45)46)25-27-7-10-29(11-8-27)59-16-4-15-56-17-18-57-19-20-58-21-22-60-34-6-3-5-31-36(34)40(54)50(39(31)53)33-13-14-35(51)48-38(33)52/h3,5-12,23,33,37H,4,13-22,25-26H2,1-2H3,(H,48,51,52). The summed E-state index contributed by atoms with van der Waals surface area (Å²) in [5.41, 5.74) is -1.29. The van der Waals surface area contributed by atoms with Gasteiger partial charge in [0.05, 0.1) is 68.0 Å². The lowest BCUT2D eigenvalue weighted by Crippen LogP contribution is -2.54. The topological polar surface area (TPSA) is 183 Å². The monoisotopic (exact) mass is 850 g/mol. The molecule has 61 heavy (non-hydrogen) atoms. The number of fused-ring (bicyclic) bond motifs is 1. The van der Waals surface area contributed by atoms with Crippen LogP contribution >= 0.6 is 0 Å². The van der Waals surface area contributed by atoms with Crippen LogP contribution < -0.4 is 19.5 Å². The number of alkyl halides is 3. The summed E-state index contributed by atoms with van der Waals surface area (Å²) >= 11 is 0. The van der Waals surface area contributed by atoms with E-state index in [0.717, 1.165) is 22.6 Å². The summed E-state index contributed by atoms with van der Waals surface area (Å²) in [6.45, 7) is 6.73. The van der Waals surface area contributed by atoms with Gasteiger partial charge in [0.1, 0.15) is 29.9 Å². The number of carbonyl (C=O) groups is 5. The summed E-state index contributed by atoms with van der Waals surface area (Å²) in [5, 5.41) is 11.2. The maximum Gasteiger partial charge on any atom is 0.417 e. The van der Waals surface area contributed by atoms with E-state index in [0.29, 0.717) is 58.4 Å². The number of halogens is 3. The van der Waals surface area contributed by atoms with Gasteiger partial charge in [-0.15, -0.1) is 0 Å². The normalized spacial score (nSPS) is 18.6. The Morgan fingerprint density at radius 3 is 2.16 bits per heavy atom. The van der Waals surface area contributed by atoms with Crippen LogP contribution in [0.4, 0.5) is 13.2 Å². The molecule has 5 amide bonds. The van der Waals surface area contributed by atoms with Crippen molar-refractivity contribution in [1.29, 1.82) is 5.26 Å². The van der Waals surface area contributed by atoms with E-state index >= 15 is 0 Å². The van der Waals surface area contributed by atoms with Crippen LogP contribution in [0, 0.1) is 16.7 Å². The number of benzene rings is 3. The lowest BCUT2D eigenvalue weighted by atomic mass is 9.89. The third-order valence-corrected chi connectivity index (χ3v) is 10.2. The fourth-order valence-corrected chi connectivity index (χ4v) is 7.18. The predicted molar refractivity (Wildman–Crippen MR) is 207 cm³/mol. The average molecular weight is 851 g/mol. The second kappa shape index (κ2) is 19.6. The fourth-order valence-electron chi connectivity index (χ4n) is 7.18. The van der Waals surface area contributed by atoms with Crippen LogP contribution in [0.3, 0.4) is 0 Å². The smallest absolute Gasteiger partial charge is 0.417 e. The van der Waals surface area contributed by atoms with Crippen LogP contribution in [0.5, 0.6) is 17.2 Å². The van der Waals surface area contributed by atoms with Crippen molar-refractivity contribution in [2.45, 2.75) is 58.0 Å². The van der Waals surface area contributed by atoms with Crippen LogP contribution in [0.2, 0.25) is 0 Å². The first kappa shape index (κ1) is 44.5. The number of piperidine rings is 1. The van der Waals surface area contributed by atoms with E-state index in [9.17, 15) is 37.1 Å². The lowest BCUT2D eigenvalue weighted by molar-refractivity contribution is -0.138. The maximum atomic E-state index is 13.5. The molecular weight excluding hydrogens is 805 g/mol. The Balaban J connectivity index is 0.805. The van der Waals surface area contributed by atoms with E-state index in [-0.39, 0.29) is 61.1 Å². The number of hydrogen-bond acceptors (Lipinski definition) is 12. The summed E-state index contributed by atoms with van der Waals surface area (Å²) < 4.78 is 74.5. The molecule has 0 aliphatic carbocycles. The minimum atomic E-state index is -4.75. The van der Waals surface area contributed by atoms with Crippen LogP contribution in [-0.4, -0.2) is 111 Å². The van der Waals surface area contributed by atoms with Crippen LogP contribution in [0.15, 0.2) is 60.7 Å². The van der Waals surface area contributed by atoms with Crippen molar-refractivity contribution in [3.8, 4) is 23.3 Å². The molecular formula is C43H45F3N4O11. The van der Waals surface area contributed by atoms with Gasteiger partial charge in [0.2, 0.25) is 11.8 Å². The number of nitriles is 1. The fraction of sp³-hybridized carbons (Fsp3) is 0.442. The first-order chi connectivity index (χ1) is 29.2. The number of ether oxygens (including phenoxy) is 6. The first-order valence-electron chi connectivity index (χ1n) is 19.7. The SMILES string of the molecule is CC1(C)CN(Cc2ccc(OCCCOCCOCCOCCOc3cccc4c3C(=O)N(C3CCC(=O)NC3=O)C4=O)cc2)C(=O)C1Oc1ccc(C#N)c(C(F)(F)F)c1. The summed E-state index contributed by atoms with van der Waals surface area (Å²) in [6.07, 6.45) is -5.03. The highest BCUT2D eigenvalue weighted by atomic mass is 19.4. The number of carbonyl (C=O) groups excluding carboxylic acids is 5. The average Bonchev–Trinajstić information content (AvgIpc) is 3.60. The third kappa shape index (κ3) is 10.8. The second-order valence-electron chi connectivity index (χ2n) is 15.2. The molecule has 0 radical (unpaired) electrons. The van der Waals surface area contributed by atoms with Crippen molar-refractivity contribution in [3.63, 3.8) is 0 Å². The maximum absolute atomic E-state index is 13.5. The van der Waals surface area contributed by atoms with Crippen molar-refractivity contribution >= 4 is 29.5 Å². The number of imide groups is 2. The molecule has 3 aliphatic heterocycles. The summed E-state index contributed by atoms with van der Waals surface area (Å²) in [7, 11) is 0. The van der Waals surface area contributed by atoms with Gasteiger partial charge in [0, 0.05) is 38.0 Å². The van der Waals surface area contributed by atoms with Crippen LogP contribution in [0.1, 0.15) is 70.5 Å². The van der Waals surface area contributed by atoms with Gasteiger partial charge in [-0.3, -0.25) is 34.2 Å². The summed E-state index contributed by atoms with van der Waals surface area (Å²) in [4.78, 5) is 65.8. The van der Waals surface area contributed by atoms with Gasteiger partial charge in [-0.2, -0.15) is 18.4 Å². The minimum Gasteiger partial charge on any atom is -0.494 e. The molecule has 3 aromatic carbocycles. The zero-order valence-corrected chi connectivity index (χ0v) is 33.6. The number of nitrogens with zero attached hydrogens (tertiary/aromatic N) is 3. The molecule has 15 nitrogen and oxygen atoms in total. The van der Waals surface area contributed by atoms with E-state index in [2.05, 4.69) is 5.32 Å². The molecule has 2 unspecified atom stereocenters. The number of amides is 5. The molecule has 0 bridgehead atoms. The second-order valence-corrected chi connectivity index (χ2v) is 15.2. The molecule has 6 rings (SSSR count). The molecule has 2 fully saturated rings. The Hall–Kier alpha value is -6.03. The molecule has 0 saturated carbocycles. The molecule has 2 atom stereocenters. The van der Waals surface area contributed by atoms with Crippen LogP contribution in [-0.2, 0) is 41.3 Å². The van der Waals surface area contributed by atoms with E-state index < -0.39 is 58.5 Å². The van der Waals surface area contributed by atoms with Gasteiger partial charge < -0.3 is 33.3 Å². The van der Waals surface area contributed by atoms with Crippen molar-refractivity contribution in [2.75, 3.05) is 59.4 Å². The molecule has 0 spiro atoms. The van der Waals surface area contributed by atoms with Crippen molar-refractivity contribution < 1.29 is 65.6 Å². The first-order valence-corrected chi connectivity index (χ1v) is 19.7. The van der Waals surface area contributed by atoms with Gasteiger partial charge in [-0.25, -0.2) is 0 Å². The Kier molecular flexibility index (Phi) is 14.3. The van der Waals surface area contributed by atoms with E-state index in [1.54, 1.807) is 29.2 Å². The van der Waals surface area contributed by atoms with Gasteiger partial charge in [-0.1, -0.05) is 32.0 Å². The number of hydrogen-bond donors (Lipinski definition) is 1. The van der Waals surface area contributed by atoms with E-state index in [4.69, 9.17) is 33.7 Å². The Morgan fingerprint density at radius 2 is 1.49 bits per heavy atom. The number of rotatable bonds is 20. The highest BCUT2D eigenvalue weighted by molar-refractivity contribution is 6.24. The van der Waals surface area contributed by atoms with Gasteiger partial charge in [0.15, 0.2) is 6.10 Å². The Morgan fingerprint density at radius 1 is 0.820 bits per heavy atom. The van der Waals surface area contributed by atoms with Crippen molar-refractivity contribution in [2.24, 2.45) is 5.41 Å². The number of likely N-dealkylation sites (tertiary alicyclic amines) is 1. The van der Waals surface area contributed by atoms with Gasteiger partial charge in [-0.05, 0) is 54.4 Å². The number of nitrogens with one attached hydrogen (secondary N) is 1. The molecule has 3 heterocycles. The molecule has 1 N–H and O–H groups in total. The Bertz CT molecular complexity index is 2160. The zero-order chi connectivity index (χ0) is 43.7. The van der Waals surface area contributed by atoms with Crippen molar-refractivity contribution in [1.82, 2.24) is 15.1 Å². The molecule has 3 aliphatic rings. The van der Waals surface area contributed by atoms with Gasteiger partial charge in [0.25, 0.3) is 17.7 Å².